The van der Waals surface area contributed by atoms with Gasteiger partial charge in [0.15, 0.2) is 0 Å². The van der Waals surface area contributed by atoms with Gasteiger partial charge in [-0.2, -0.15) is 0 Å². The minimum absolute atomic E-state index is 0.524. The fraction of sp³-hybridized carbons (Fsp3) is 0.538. The summed E-state index contributed by atoms with van der Waals surface area (Å²) in [4.78, 5) is 0. The summed E-state index contributed by atoms with van der Waals surface area (Å²) in [7, 11) is 2.05. The normalized spacial score (nSPS) is 12.8. The smallest absolute Gasteiger partial charge is 0.0320 e. The summed E-state index contributed by atoms with van der Waals surface area (Å²) in [6.45, 7) is 4.45. The lowest BCUT2D eigenvalue weighted by Crippen LogP contribution is -2.17. The second kappa shape index (κ2) is 5.82. The summed E-state index contributed by atoms with van der Waals surface area (Å²) < 4.78 is 0. The lowest BCUT2D eigenvalue weighted by molar-refractivity contribution is 0.538. The van der Waals surface area contributed by atoms with Gasteiger partial charge in [0, 0.05) is 6.04 Å². The minimum Gasteiger partial charge on any atom is -0.313 e. The number of aryl methyl sites for hydroxylation is 1. The molecule has 1 N–H and O–H groups in total. The second-order valence-corrected chi connectivity index (χ2v) is 3.68. The Labute approximate surface area is 87.5 Å². The van der Waals surface area contributed by atoms with Crippen molar-refractivity contribution in [1.29, 1.82) is 0 Å². The van der Waals surface area contributed by atoms with Gasteiger partial charge < -0.3 is 5.32 Å². The van der Waals surface area contributed by atoms with E-state index in [0.717, 1.165) is 6.42 Å². The predicted molar refractivity (Wildman–Crippen MR) is 62.5 cm³/mol. The van der Waals surface area contributed by atoms with Crippen LogP contribution in [0.4, 0.5) is 0 Å². The maximum absolute atomic E-state index is 3.39. The van der Waals surface area contributed by atoms with Crippen LogP contribution in [0.25, 0.3) is 0 Å². The highest BCUT2D eigenvalue weighted by Gasteiger charge is 2.10. The Hall–Kier alpha value is -0.820. The quantitative estimate of drug-likeness (QED) is 0.753. The predicted octanol–water partition coefficient (Wildman–Crippen LogP) is 3.31. The van der Waals surface area contributed by atoms with Crippen molar-refractivity contribution in [3.05, 3.63) is 35.4 Å². The van der Waals surface area contributed by atoms with Crippen molar-refractivity contribution >= 4 is 0 Å². The fourth-order valence-corrected chi connectivity index (χ4v) is 1.94. The number of benzene rings is 1. The fourth-order valence-electron chi connectivity index (χ4n) is 1.94. The van der Waals surface area contributed by atoms with E-state index in [0.29, 0.717) is 6.04 Å². The molecule has 0 bridgehead atoms. The summed E-state index contributed by atoms with van der Waals surface area (Å²) in [6, 6.07) is 9.26. The molecule has 0 amide bonds. The summed E-state index contributed by atoms with van der Waals surface area (Å²) in [5.74, 6) is 0. The van der Waals surface area contributed by atoms with E-state index in [1.165, 1.54) is 24.0 Å². The summed E-state index contributed by atoms with van der Waals surface area (Å²) >= 11 is 0. The van der Waals surface area contributed by atoms with Gasteiger partial charge in [0.05, 0.1) is 0 Å². The first kappa shape index (κ1) is 11.3. The lowest BCUT2D eigenvalue weighted by Gasteiger charge is -2.18. The standard InChI is InChI=1S/C13H21N/c1-4-8-13(14-3)12-10-7-6-9-11(12)5-2/h6-7,9-10,13-14H,4-5,8H2,1-3H3. The van der Waals surface area contributed by atoms with Gasteiger partial charge in [0.1, 0.15) is 0 Å². The molecule has 0 aliphatic carbocycles. The van der Waals surface area contributed by atoms with Crippen LogP contribution in [-0.2, 0) is 6.42 Å². The Balaban J connectivity index is 2.90. The van der Waals surface area contributed by atoms with Crippen LogP contribution in [0.2, 0.25) is 0 Å². The first-order valence-corrected chi connectivity index (χ1v) is 5.58. The van der Waals surface area contributed by atoms with Gasteiger partial charge in [-0.25, -0.2) is 0 Å². The minimum atomic E-state index is 0.524. The molecule has 0 radical (unpaired) electrons. The molecule has 0 aliphatic rings. The molecule has 0 aliphatic heterocycles. The van der Waals surface area contributed by atoms with E-state index in [1.54, 1.807) is 0 Å². The zero-order chi connectivity index (χ0) is 10.4. The van der Waals surface area contributed by atoms with Crippen molar-refractivity contribution in [2.75, 3.05) is 7.05 Å². The van der Waals surface area contributed by atoms with Crippen LogP contribution in [0, 0.1) is 0 Å². The SMILES string of the molecule is CCCC(NC)c1ccccc1CC. The topological polar surface area (TPSA) is 12.0 Å². The third kappa shape index (κ3) is 2.58. The Morgan fingerprint density at radius 1 is 1.21 bits per heavy atom. The molecule has 1 aromatic carbocycles. The molecule has 1 rings (SSSR count). The van der Waals surface area contributed by atoms with Crippen LogP contribution in [0.15, 0.2) is 24.3 Å². The van der Waals surface area contributed by atoms with Crippen molar-refractivity contribution in [3.8, 4) is 0 Å². The first-order chi connectivity index (χ1) is 6.83. The van der Waals surface area contributed by atoms with Gasteiger partial charge in [-0.15, -0.1) is 0 Å². The molecule has 78 valence electrons. The zero-order valence-electron chi connectivity index (χ0n) is 9.51. The van der Waals surface area contributed by atoms with Crippen molar-refractivity contribution in [2.45, 2.75) is 39.2 Å². The number of nitrogens with one attached hydrogen (secondary N) is 1. The maximum atomic E-state index is 3.39. The van der Waals surface area contributed by atoms with Crippen molar-refractivity contribution in [2.24, 2.45) is 0 Å². The van der Waals surface area contributed by atoms with E-state index in [1.807, 2.05) is 7.05 Å². The molecule has 0 saturated heterocycles. The van der Waals surface area contributed by atoms with Gasteiger partial charge in [0.2, 0.25) is 0 Å². The van der Waals surface area contributed by atoms with E-state index >= 15 is 0 Å². The van der Waals surface area contributed by atoms with Crippen molar-refractivity contribution in [1.82, 2.24) is 5.32 Å². The molecule has 1 aromatic rings. The first-order valence-electron chi connectivity index (χ1n) is 5.58. The van der Waals surface area contributed by atoms with E-state index < -0.39 is 0 Å². The molecule has 0 spiro atoms. The van der Waals surface area contributed by atoms with Gasteiger partial charge in [-0.1, -0.05) is 44.5 Å². The maximum Gasteiger partial charge on any atom is 0.0320 e. The van der Waals surface area contributed by atoms with E-state index in [4.69, 9.17) is 0 Å². The van der Waals surface area contributed by atoms with Gasteiger partial charge in [-0.3, -0.25) is 0 Å². The highest BCUT2D eigenvalue weighted by Crippen LogP contribution is 2.22. The molecule has 0 fully saturated rings. The lowest BCUT2D eigenvalue weighted by atomic mass is 9.96. The highest BCUT2D eigenvalue weighted by molar-refractivity contribution is 5.29. The third-order valence-corrected chi connectivity index (χ3v) is 2.74. The van der Waals surface area contributed by atoms with Crippen LogP contribution in [0.5, 0.6) is 0 Å². The Bertz CT molecular complexity index is 268. The zero-order valence-corrected chi connectivity index (χ0v) is 9.51. The summed E-state index contributed by atoms with van der Waals surface area (Å²) in [6.07, 6.45) is 3.56. The molecule has 1 nitrogen and oxygen atoms in total. The van der Waals surface area contributed by atoms with Gasteiger partial charge in [0.25, 0.3) is 0 Å². The molecule has 1 atom stereocenters. The van der Waals surface area contributed by atoms with Gasteiger partial charge in [-0.05, 0) is 31.0 Å². The molecule has 0 heterocycles. The number of hydrogen-bond acceptors (Lipinski definition) is 1. The Kier molecular flexibility index (Phi) is 4.68. The third-order valence-electron chi connectivity index (χ3n) is 2.74. The summed E-state index contributed by atoms with van der Waals surface area (Å²) in [5, 5.41) is 3.39. The average Bonchev–Trinajstić information content (AvgIpc) is 2.26. The molecule has 1 unspecified atom stereocenters. The molecule has 14 heavy (non-hydrogen) atoms. The highest BCUT2D eigenvalue weighted by atomic mass is 14.9. The van der Waals surface area contributed by atoms with Crippen LogP contribution >= 0.6 is 0 Å². The van der Waals surface area contributed by atoms with Crippen LogP contribution < -0.4 is 5.32 Å². The number of hydrogen-bond donors (Lipinski definition) is 1. The molecular weight excluding hydrogens is 170 g/mol. The Morgan fingerprint density at radius 2 is 1.93 bits per heavy atom. The second-order valence-electron chi connectivity index (χ2n) is 3.68. The molecule has 0 saturated carbocycles. The van der Waals surface area contributed by atoms with E-state index in [2.05, 4.69) is 43.4 Å². The largest absolute Gasteiger partial charge is 0.313 e. The van der Waals surface area contributed by atoms with Crippen LogP contribution in [0.1, 0.15) is 43.9 Å². The van der Waals surface area contributed by atoms with Gasteiger partial charge >= 0.3 is 0 Å². The molecule has 1 heteroatoms. The van der Waals surface area contributed by atoms with E-state index in [9.17, 15) is 0 Å². The Morgan fingerprint density at radius 3 is 2.50 bits per heavy atom. The monoisotopic (exact) mass is 191 g/mol. The van der Waals surface area contributed by atoms with Crippen LogP contribution in [0.3, 0.4) is 0 Å². The van der Waals surface area contributed by atoms with Crippen LogP contribution in [-0.4, -0.2) is 7.05 Å². The average molecular weight is 191 g/mol. The molecular formula is C13H21N. The van der Waals surface area contributed by atoms with Crippen molar-refractivity contribution in [3.63, 3.8) is 0 Å². The summed E-state index contributed by atoms with van der Waals surface area (Å²) in [5.41, 5.74) is 2.94. The molecule has 0 aromatic heterocycles. The number of rotatable bonds is 5. The van der Waals surface area contributed by atoms with E-state index in [-0.39, 0.29) is 0 Å². The van der Waals surface area contributed by atoms with Crippen molar-refractivity contribution < 1.29 is 0 Å².